The van der Waals surface area contributed by atoms with Crippen LogP contribution in [0.3, 0.4) is 0 Å². The molecule has 6 nitrogen and oxygen atoms in total. The van der Waals surface area contributed by atoms with Gasteiger partial charge in [0.05, 0.1) is 6.54 Å². The number of thiophene rings is 1. The molecule has 2 aromatic heterocycles. The molecule has 1 saturated heterocycles. The van der Waals surface area contributed by atoms with Crippen LogP contribution in [-0.2, 0) is 27.8 Å². The predicted molar refractivity (Wildman–Crippen MR) is 126 cm³/mol. The summed E-state index contributed by atoms with van der Waals surface area (Å²) in [6.45, 7) is 1.94. The molecule has 1 aliphatic heterocycles. The Hall–Kier alpha value is -2.55. The highest BCUT2D eigenvalue weighted by Crippen LogP contribution is 2.26. The molecule has 168 valence electrons. The summed E-state index contributed by atoms with van der Waals surface area (Å²) >= 11 is 1.65. The predicted octanol–water partition coefficient (Wildman–Crippen LogP) is 3.82. The van der Waals surface area contributed by atoms with E-state index in [-0.39, 0.29) is 16.7 Å². The number of piperidine rings is 1. The Kier molecular flexibility index (Phi) is 7.34. The van der Waals surface area contributed by atoms with Crippen LogP contribution >= 0.6 is 11.3 Å². The summed E-state index contributed by atoms with van der Waals surface area (Å²) in [5, 5.41) is 2.02. The maximum atomic E-state index is 13.4. The van der Waals surface area contributed by atoms with Crippen LogP contribution in [0.25, 0.3) is 0 Å². The second kappa shape index (κ2) is 10.4. The number of amides is 1. The van der Waals surface area contributed by atoms with Gasteiger partial charge >= 0.3 is 0 Å². The number of rotatable bonds is 8. The molecule has 8 heteroatoms. The fourth-order valence-corrected chi connectivity index (χ4v) is 6.17. The second-order valence-corrected chi connectivity index (χ2v) is 10.9. The van der Waals surface area contributed by atoms with Crippen LogP contribution in [0.15, 0.2) is 77.3 Å². The van der Waals surface area contributed by atoms with Gasteiger partial charge in [-0.05, 0) is 48.4 Å². The van der Waals surface area contributed by atoms with Crippen molar-refractivity contribution in [2.24, 2.45) is 5.92 Å². The van der Waals surface area contributed by atoms with Gasteiger partial charge in [-0.15, -0.1) is 11.3 Å². The van der Waals surface area contributed by atoms with Crippen LogP contribution in [0.1, 0.15) is 23.3 Å². The summed E-state index contributed by atoms with van der Waals surface area (Å²) in [7, 11) is -3.57. The van der Waals surface area contributed by atoms with Crippen LogP contribution in [0.4, 0.5) is 0 Å². The molecule has 3 heterocycles. The van der Waals surface area contributed by atoms with Gasteiger partial charge in [-0.25, -0.2) is 8.42 Å². The molecule has 3 aromatic rings. The Morgan fingerprint density at radius 3 is 2.50 bits per heavy atom. The van der Waals surface area contributed by atoms with Crippen LogP contribution in [0.2, 0.25) is 0 Å². The van der Waals surface area contributed by atoms with E-state index in [9.17, 15) is 13.2 Å². The van der Waals surface area contributed by atoms with Gasteiger partial charge in [-0.2, -0.15) is 4.31 Å². The number of hydrogen-bond acceptors (Lipinski definition) is 5. The van der Waals surface area contributed by atoms with E-state index in [2.05, 4.69) is 23.2 Å². The Morgan fingerprint density at radius 1 is 1.06 bits per heavy atom. The lowest BCUT2D eigenvalue weighted by Gasteiger charge is -2.33. The lowest BCUT2D eigenvalue weighted by Crippen LogP contribution is -2.44. The average Bonchev–Trinajstić information content (AvgIpc) is 3.36. The number of nitrogens with zero attached hydrogens (tertiary/aromatic N) is 3. The second-order valence-electron chi connectivity index (χ2n) is 7.94. The van der Waals surface area contributed by atoms with Gasteiger partial charge in [-0.1, -0.05) is 36.4 Å². The topological polar surface area (TPSA) is 70.6 Å². The minimum Gasteiger partial charge on any atom is -0.337 e. The summed E-state index contributed by atoms with van der Waals surface area (Å²) in [5.41, 5.74) is 1.20. The molecule has 0 spiro atoms. The van der Waals surface area contributed by atoms with E-state index in [4.69, 9.17) is 0 Å². The zero-order valence-corrected chi connectivity index (χ0v) is 19.5. The maximum Gasteiger partial charge on any atom is 0.244 e. The molecule has 0 N–H and O–H groups in total. The van der Waals surface area contributed by atoms with Crippen molar-refractivity contribution in [2.75, 3.05) is 19.6 Å². The van der Waals surface area contributed by atoms with Crippen LogP contribution in [0, 0.1) is 5.92 Å². The van der Waals surface area contributed by atoms with Crippen molar-refractivity contribution in [3.63, 3.8) is 0 Å². The summed E-state index contributed by atoms with van der Waals surface area (Å²) < 4.78 is 27.2. The first-order valence-electron chi connectivity index (χ1n) is 10.8. The molecule has 4 rings (SSSR count). The molecule has 1 aromatic carbocycles. The fraction of sp³-hybridized carbons (Fsp3) is 0.333. The van der Waals surface area contributed by atoms with Crippen molar-refractivity contribution in [3.8, 4) is 0 Å². The van der Waals surface area contributed by atoms with Crippen LogP contribution in [0.5, 0.6) is 0 Å². The Bertz CT molecular complexity index is 1100. The van der Waals surface area contributed by atoms with E-state index < -0.39 is 10.0 Å². The van der Waals surface area contributed by atoms with Crippen LogP contribution < -0.4 is 0 Å². The molecule has 0 bridgehead atoms. The molecule has 0 saturated carbocycles. The van der Waals surface area contributed by atoms with Gasteiger partial charge in [0.2, 0.25) is 15.9 Å². The number of aromatic nitrogens is 1. The normalized spacial score (nSPS) is 15.5. The number of pyridine rings is 1. The molecule has 0 aliphatic carbocycles. The zero-order valence-electron chi connectivity index (χ0n) is 17.8. The molecule has 32 heavy (non-hydrogen) atoms. The highest BCUT2D eigenvalue weighted by Gasteiger charge is 2.34. The fourth-order valence-electron chi connectivity index (χ4n) is 4.02. The number of sulfonamides is 1. The van der Waals surface area contributed by atoms with E-state index in [0.29, 0.717) is 39.0 Å². The molecular formula is C24H27N3O3S2. The van der Waals surface area contributed by atoms with Crippen LogP contribution in [-0.4, -0.2) is 48.1 Å². The van der Waals surface area contributed by atoms with Crippen molar-refractivity contribution in [1.29, 1.82) is 0 Å². The lowest BCUT2D eigenvalue weighted by atomic mass is 9.96. The monoisotopic (exact) mass is 469 g/mol. The van der Waals surface area contributed by atoms with Gasteiger partial charge in [-0.3, -0.25) is 9.78 Å². The van der Waals surface area contributed by atoms with Crippen molar-refractivity contribution >= 4 is 27.3 Å². The van der Waals surface area contributed by atoms with Crippen molar-refractivity contribution < 1.29 is 13.2 Å². The van der Waals surface area contributed by atoms with Gasteiger partial charge in [0.25, 0.3) is 0 Å². The standard InChI is InChI=1S/C24H27N3O3S2/c28-24(21-11-15-27(16-12-21)32(29,30)23-9-4-13-25-18-23)26(19-22-8-5-17-31-22)14-10-20-6-2-1-3-7-20/h1-9,13,17-18,21H,10-12,14-16,19H2. The highest BCUT2D eigenvalue weighted by molar-refractivity contribution is 7.89. The summed E-state index contributed by atoms with van der Waals surface area (Å²) in [6, 6.07) is 17.4. The minimum absolute atomic E-state index is 0.118. The number of carbonyl (C=O) groups is 1. The maximum absolute atomic E-state index is 13.4. The van der Waals surface area contributed by atoms with Gasteiger partial charge in [0.1, 0.15) is 4.90 Å². The van der Waals surface area contributed by atoms with E-state index >= 15 is 0 Å². The SMILES string of the molecule is O=C(C1CCN(S(=O)(=O)c2cccnc2)CC1)N(CCc1ccccc1)Cc1cccs1. The first kappa shape index (κ1) is 22.6. The molecule has 1 aliphatic rings. The third-order valence-electron chi connectivity index (χ3n) is 5.83. The van der Waals surface area contributed by atoms with Gasteiger partial charge in [0.15, 0.2) is 0 Å². The van der Waals surface area contributed by atoms with E-state index in [1.807, 2.05) is 34.5 Å². The van der Waals surface area contributed by atoms with Gasteiger partial charge < -0.3 is 4.90 Å². The van der Waals surface area contributed by atoms with Crippen molar-refractivity contribution in [1.82, 2.24) is 14.2 Å². The highest BCUT2D eigenvalue weighted by atomic mass is 32.2. The quantitative estimate of drug-likeness (QED) is 0.503. The summed E-state index contributed by atoms with van der Waals surface area (Å²) in [6.07, 6.45) is 4.79. The van der Waals surface area contributed by atoms with Crippen molar-refractivity contribution in [2.45, 2.75) is 30.7 Å². The average molecular weight is 470 g/mol. The summed E-state index contributed by atoms with van der Waals surface area (Å²) in [4.78, 5) is 20.6. The molecule has 1 amide bonds. The molecule has 0 unspecified atom stereocenters. The number of carbonyl (C=O) groups excluding carboxylic acids is 1. The Morgan fingerprint density at radius 2 is 1.84 bits per heavy atom. The molecule has 1 fully saturated rings. The third-order valence-corrected chi connectivity index (χ3v) is 8.57. The largest absolute Gasteiger partial charge is 0.337 e. The summed E-state index contributed by atoms with van der Waals surface area (Å²) in [5.74, 6) is -0.0427. The van der Waals surface area contributed by atoms with Gasteiger partial charge in [0, 0.05) is 42.8 Å². The Balaban J connectivity index is 1.41. The zero-order chi connectivity index (χ0) is 22.4. The first-order chi connectivity index (χ1) is 15.5. The minimum atomic E-state index is -3.57. The third kappa shape index (κ3) is 5.43. The smallest absolute Gasteiger partial charge is 0.244 e. The van der Waals surface area contributed by atoms with Crippen molar-refractivity contribution in [3.05, 3.63) is 82.8 Å². The molecule has 0 atom stereocenters. The number of hydrogen-bond donors (Lipinski definition) is 0. The lowest BCUT2D eigenvalue weighted by molar-refractivity contribution is -0.137. The molecular weight excluding hydrogens is 442 g/mol. The molecule has 0 radical (unpaired) electrons. The van der Waals surface area contributed by atoms with E-state index in [1.54, 1.807) is 29.7 Å². The Labute approximate surface area is 193 Å². The van der Waals surface area contributed by atoms with E-state index in [0.717, 1.165) is 11.3 Å². The number of benzene rings is 1. The van der Waals surface area contributed by atoms with E-state index in [1.165, 1.54) is 16.1 Å². The first-order valence-corrected chi connectivity index (χ1v) is 13.1.